The molecule has 1 atom stereocenters. The number of nitro groups is 1. The monoisotopic (exact) mass is 666 g/mol. The molecule has 37 heavy (non-hydrogen) atoms. The molecule has 192 valence electrons. The number of halogens is 3. The molecule has 0 aliphatic heterocycles. The predicted molar refractivity (Wildman–Crippen MR) is 151 cm³/mol. The quantitative estimate of drug-likeness (QED) is 0.0985. The molecule has 4 aromatic rings. The molecule has 0 radical (unpaired) electrons. The summed E-state index contributed by atoms with van der Waals surface area (Å²) in [5.41, 5.74) is 2.48. The number of rotatable bonds is 10. The molecule has 0 aliphatic carbocycles. The number of methoxy groups -OCH3 is 1. The highest BCUT2D eigenvalue weighted by atomic mass is 79.9. The van der Waals surface area contributed by atoms with Gasteiger partial charge in [-0.2, -0.15) is 0 Å². The maximum absolute atomic E-state index is 11.6. The number of hydrogen-bond donors (Lipinski definition) is 0. The number of hydrogen-bond acceptors (Lipinski definition) is 7. The number of benzene rings is 3. The highest BCUT2D eigenvalue weighted by molar-refractivity contribution is 9.10. The van der Waals surface area contributed by atoms with Gasteiger partial charge >= 0.3 is 0 Å². The van der Waals surface area contributed by atoms with E-state index in [0.717, 1.165) is 15.7 Å². The zero-order chi connectivity index (χ0) is 26.5. The number of aromatic nitrogens is 3. The molecule has 4 rings (SSSR count). The van der Waals surface area contributed by atoms with Crippen LogP contribution >= 0.6 is 55.2 Å². The number of ether oxygens (including phenoxy) is 2. The Kier molecular flexibility index (Phi) is 9.12. The van der Waals surface area contributed by atoms with Crippen LogP contribution in [0, 0.1) is 17.0 Å². The van der Waals surface area contributed by atoms with E-state index in [0.29, 0.717) is 44.1 Å². The fourth-order valence-corrected chi connectivity index (χ4v) is 5.70. The van der Waals surface area contributed by atoms with Gasteiger partial charge in [-0.05, 0) is 82.5 Å². The van der Waals surface area contributed by atoms with Crippen LogP contribution in [0.3, 0.4) is 0 Å². The summed E-state index contributed by atoms with van der Waals surface area (Å²) in [7, 11) is 1.54. The Morgan fingerprint density at radius 3 is 2.46 bits per heavy atom. The molecule has 0 unspecified atom stereocenters. The highest BCUT2D eigenvalue weighted by Crippen LogP contribution is 2.43. The highest BCUT2D eigenvalue weighted by Gasteiger charge is 2.26. The molecular formula is C25H21Br2ClN4O4S. The minimum absolute atomic E-state index is 0.327. The largest absolute Gasteiger partial charge is 0.493 e. The summed E-state index contributed by atoms with van der Waals surface area (Å²) >= 11 is 14.3. The standard InChI is InChI=1S/C25H21Br2ClN4O4S/c1-15-29-30-25(32(15)20-9-7-19(28)8-10-20)37-23(13-31(33)34)17-11-21(27)24(22(12-17)35-2)36-14-16-3-5-18(26)6-4-16/h3-12,23H,13-14H2,1-2H3/t23-/m1/s1. The maximum atomic E-state index is 11.6. The Morgan fingerprint density at radius 2 is 1.81 bits per heavy atom. The van der Waals surface area contributed by atoms with Crippen LogP contribution in [-0.2, 0) is 6.61 Å². The summed E-state index contributed by atoms with van der Waals surface area (Å²) < 4.78 is 15.1. The normalized spacial score (nSPS) is 11.8. The first-order chi connectivity index (χ1) is 17.7. The molecule has 0 aliphatic rings. The van der Waals surface area contributed by atoms with E-state index in [4.69, 9.17) is 21.1 Å². The van der Waals surface area contributed by atoms with Crippen molar-refractivity contribution in [3.8, 4) is 17.2 Å². The van der Waals surface area contributed by atoms with Crippen molar-refractivity contribution in [3.63, 3.8) is 0 Å². The third kappa shape index (κ3) is 6.84. The van der Waals surface area contributed by atoms with E-state index in [1.165, 1.54) is 18.9 Å². The number of nitrogens with zero attached hydrogens (tertiary/aromatic N) is 4. The average Bonchev–Trinajstić information content (AvgIpc) is 3.23. The topological polar surface area (TPSA) is 92.3 Å². The van der Waals surface area contributed by atoms with E-state index in [2.05, 4.69) is 42.1 Å². The van der Waals surface area contributed by atoms with Crippen molar-refractivity contribution < 1.29 is 14.4 Å². The van der Waals surface area contributed by atoms with Crippen molar-refractivity contribution in [1.82, 2.24) is 14.8 Å². The summed E-state index contributed by atoms with van der Waals surface area (Å²) in [6, 6.07) is 18.6. The van der Waals surface area contributed by atoms with Gasteiger partial charge in [-0.15, -0.1) is 10.2 Å². The molecule has 1 heterocycles. The van der Waals surface area contributed by atoms with E-state index < -0.39 is 5.25 Å². The predicted octanol–water partition coefficient (Wildman–Crippen LogP) is 7.45. The molecule has 8 nitrogen and oxygen atoms in total. The van der Waals surface area contributed by atoms with Crippen molar-refractivity contribution in [2.45, 2.75) is 23.9 Å². The molecule has 0 amide bonds. The van der Waals surface area contributed by atoms with E-state index >= 15 is 0 Å². The van der Waals surface area contributed by atoms with Gasteiger partial charge in [0.1, 0.15) is 17.7 Å². The summed E-state index contributed by atoms with van der Waals surface area (Å²) in [5, 5.41) is 20.7. The molecular weight excluding hydrogens is 648 g/mol. The molecule has 3 aromatic carbocycles. The van der Waals surface area contributed by atoms with Gasteiger partial charge in [0, 0.05) is 20.1 Å². The van der Waals surface area contributed by atoms with Crippen molar-refractivity contribution >= 4 is 55.2 Å². The van der Waals surface area contributed by atoms with Crippen LogP contribution in [0.25, 0.3) is 5.69 Å². The minimum Gasteiger partial charge on any atom is -0.493 e. The van der Waals surface area contributed by atoms with Crippen molar-refractivity contribution in [3.05, 3.63) is 102 Å². The Balaban J connectivity index is 1.64. The maximum Gasteiger partial charge on any atom is 0.220 e. The minimum atomic E-state index is -0.574. The van der Waals surface area contributed by atoms with Crippen LogP contribution in [0.4, 0.5) is 0 Å². The summed E-state index contributed by atoms with van der Waals surface area (Å²) in [6.07, 6.45) is 0. The average molecular weight is 669 g/mol. The van der Waals surface area contributed by atoms with Crippen LogP contribution in [0.1, 0.15) is 22.2 Å². The van der Waals surface area contributed by atoms with Crippen LogP contribution in [0.15, 0.2) is 74.8 Å². The van der Waals surface area contributed by atoms with Gasteiger partial charge in [-0.1, -0.05) is 51.4 Å². The Hall–Kier alpha value is -2.60. The van der Waals surface area contributed by atoms with Gasteiger partial charge in [-0.25, -0.2) is 0 Å². The van der Waals surface area contributed by atoms with Crippen molar-refractivity contribution in [2.75, 3.05) is 13.7 Å². The van der Waals surface area contributed by atoms with Gasteiger partial charge < -0.3 is 9.47 Å². The molecule has 0 saturated heterocycles. The Bertz CT molecular complexity index is 1400. The summed E-state index contributed by atoms with van der Waals surface area (Å²) in [4.78, 5) is 11.3. The smallest absolute Gasteiger partial charge is 0.220 e. The molecule has 1 aromatic heterocycles. The second kappa shape index (κ2) is 12.3. The first-order valence-corrected chi connectivity index (χ1v) is 13.8. The molecule has 12 heteroatoms. The van der Waals surface area contributed by atoms with Gasteiger partial charge in [-0.3, -0.25) is 14.7 Å². The third-order valence-electron chi connectivity index (χ3n) is 5.36. The third-order valence-corrected chi connectivity index (χ3v) is 7.91. The molecule has 0 spiro atoms. The fourth-order valence-electron chi connectivity index (χ4n) is 3.58. The zero-order valence-corrected chi connectivity index (χ0v) is 24.5. The van der Waals surface area contributed by atoms with E-state index in [1.54, 1.807) is 18.2 Å². The van der Waals surface area contributed by atoms with Gasteiger partial charge in [0.2, 0.25) is 6.54 Å². The van der Waals surface area contributed by atoms with Gasteiger partial charge in [0.25, 0.3) is 0 Å². The Labute approximate surface area is 239 Å². The van der Waals surface area contributed by atoms with Crippen LogP contribution in [0.2, 0.25) is 5.02 Å². The molecule has 0 bridgehead atoms. The lowest BCUT2D eigenvalue weighted by atomic mass is 10.1. The van der Waals surface area contributed by atoms with Crippen molar-refractivity contribution in [1.29, 1.82) is 0 Å². The van der Waals surface area contributed by atoms with E-state index in [1.807, 2.05) is 54.0 Å². The van der Waals surface area contributed by atoms with Gasteiger partial charge in [0.15, 0.2) is 16.7 Å². The lowest BCUT2D eigenvalue weighted by Gasteiger charge is -2.18. The first kappa shape index (κ1) is 27.4. The van der Waals surface area contributed by atoms with Gasteiger partial charge in [0.05, 0.1) is 11.6 Å². The van der Waals surface area contributed by atoms with Crippen LogP contribution in [-0.4, -0.2) is 33.3 Å². The number of thioether (sulfide) groups is 1. The second-order valence-electron chi connectivity index (χ2n) is 7.91. The SMILES string of the molecule is COc1cc([C@@H](C[N+](=O)[O-])Sc2nnc(C)n2-c2ccc(Cl)cc2)cc(Br)c1OCc1ccc(Br)cc1. The van der Waals surface area contributed by atoms with E-state index in [9.17, 15) is 10.1 Å². The first-order valence-electron chi connectivity index (χ1n) is 11.0. The van der Waals surface area contributed by atoms with Crippen molar-refractivity contribution in [2.24, 2.45) is 0 Å². The van der Waals surface area contributed by atoms with Crippen LogP contribution < -0.4 is 9.47 Å². The summed E-state index contributed by atoms with van der Waals surface area (Å²) in [5.74, 6) is 1.63. The zero-order valence-electron chi connectivity index (χ0n) is 19.7. The summed E-state index contributed by atoms with van der Waals surface area (Å²) in [6.45, 7) is 1.83. The van der Waals surface area contributed by atoms with Crippen LogP contribution in [0.5, 0.6) is 11.5 Å². The number of aryl methyl sites for hydroxylation is 1. The second-order valence-corrected chi connectivity index (χ2v) is 11.3. The molecule has 0 N–H and O–H groups in total. The van der Waals surface area contributed by atoms with E-state index in [-0.39, 0.29) is 11.5 Å². The lowest BCUT2D eigenvalue weighted by Crippen LogP contribution is -2.12. The lowest BCUT2D eigenvalue weighted by molar-refractivity contribution is -0.479. The fraction of sp³-hybridized carbons (Fsp3) is 0.200. The molecule has 0 saturated carbocycles. The molecule has 0 fully saturated rings. The Morgan fingerprint density at radius 1 is 1.11 bits per heavy atom.